The number of halogens is 3. The highest BCUT2D eigenvalue weighted by Crippen LogP contribution is 2.15. The van der Waals surface area contributed by atoms with Gasteiger partial charge in [-0.2, -0.15) is 18.3 Å². The number of aryl methyl sites for hydroxylation is 1. The summed E-state index contributed by atoms with van der Waals surface area (Å²) < 4.78 is 40.8. The summed E-state index contributed by atoms with van der Waals surface area (Å²) in [6, 6.07) is 1.47. The van der Waals surface area contributed by atoms with Crippen LogP contribution in [0.5, 0.6) is 0 Å². The first-order valence-electron chi connectivity index (χ1n) is 3.81. The molecule has 0 spiro atoms. The second kappa shape index (κ2) is 3.87. The predicted octanol–water partition coefficient (Wildman–Crippen LogP) is 1.08. The van der Waals surface area contributed by atoms with Gasteiger partial charge in [-0.25, -0.2) is 0 Å². The van der Waals surface area contributed by atoms with Crippen molar-refractivity contribution < 1.29 is 17.9 Å². The van der Waals surface area contributed by atoms with Crippen molar-refractivity contribution in [1.29, 1.82) is 0 Å². The first kappa shape index (κ1) is 10.8. The van der Waals surface area contributed by atoms with Crippen LogP contribution in [0.25, 0.3) is 0 Å². The van der Waals surface area contributed by atoms with Crippen molar-refractivity contribution in [3.8, 4) is 0 Å². The highest BCUT2D eigenvalue weighted by atomic mass is 19.4. The van der Waals surface area contributed by atoms with Crippen LogP contribution < -0.4 is 5.73 Å². The van der Waals surface area contributed by atoms with E-state index in [4.69, 9.17) is 5.73 Å². The lowest BCUT2D eigenvalue weighted by molar-refractivity contribution is -0.176. The number of aromatic nitrogens is 2. The fourth-order valence-electron chi connectivity index (χ4n) is 0.885. The third kappa shape index (κ3) is 3.25. The maximum Gasteiger partial charge on any atom is 0.411 e. The summed E-state index contributed by atoms with van der Waals surface area (Å²) in [7, 11) is 1.60. The normalized spacial score (nSPS) is 12.0. The Morgan fingerprint density at radius 1 is 1.57 bits per heavy atom. The molecule has 0 saturated carbocycles. The van der Waals surface area contributed by atoms with Gasteiger partial charge >= 0.3 is 6.18 Å². The van der Waals surface area contributed by atoms with E-state index in [2.05, 4.69) is 9.84 Å². The predicted molar refractivity (Wildman–Crippen MR) is 43.3 cm³/mol. The SMILES string of the molecule is Cn1nc(COCC(F)(F)F)cc1N. The van der Waals surface area contributed by atoms with Crippen molar-refractivity contribution in [2.24, 2.45) is 7.05 Å². The zero-order valence-corrected chi connectivity index (χ0v) is 7.51. The number of nitrogens with two attached hydrogens (primary N) is 1. The van der Waals surface area contributed by atoms with Crippen molar-refractivity contribution in [2.75, 3.05) is 12.3 Å². The minimum atomic E-state index is -4.31. The Morgan fingerprint density at radius 2 is 2.21 bits per heavy atom. The van der Waals surface area contributed by atoms with E-state index in [1.807, 2.05) is 0 Å². The van der Waals surface area contributed by atoms with E-state index in [0.717, 1.165) is 0 Å². The fourth-order valence-corrected chi connectivity index (χ4v) is 0.885. The lowest BCUT2D eigenvalue weighted by Gasteiger charge is -2.05. The van der Waals surface area contributed by atoms with Crippen molar-refractivity contribution in [3.63, 3.8) is 0 Å². The zero-order chi connectivity index (χ0) is 10.8. The number of hydrogen-bond acceptors (Lipinski definition) is 3. The molecule has 1 rings (SSSR count). The minimum Gasteiger partial charge on any atom is -0.384 e. The molecule has 0 aromatic carbocycles. The molecule has 0 aliphatic heterocycles. The molecule has 1 aromatic rings. The highest BCUT2D eigenvalue weighted by Gasteiger charge is 2.27. The molecular formula is C7H10F3N3O. The van der Waals surface area contributed by atoms with Crippen LogP contribution in [0, 0.1) is 0 Å². The van der Waals surface area contributed by atoms with Crippen molar-refractivity contribution >= 4 is 5.82 Å². The molecule has 1 aromatic heterocycles. The summed E-state index contributed by atoms with van der Waals surface area (Å²) in [5, 5.41) is 3.83. The number of hydrogen-bond donors (Lipinski definition) is 1. The highest BCUT2D eigenvalue weighted by molar-refractivity contribution is 5.29. The first-order chi connectivity index (χ1) is 6.38. The fraction of sp³-hybridized carbons (Fsp3) is 0.571. The van der Waals surface area contributed by atoms with Crippen LogP contribution in [0.1, 0.15) is 5.69 Å². The summed E-state index contributed by atoms with van der Waals surface area (Å²) >= 11 is 0. The standard InChI is InChI=1S/C7H10F3N3O/c1-13-6(11)2-5(12-13)3-14-4-7(8,9)10/h2H,3-4,11H2,1H3. The summed E-state index contributed by atoms with van der Waals surface area (Å²) in [5.74, 6) is 0.385. The molecular weight excluding hydrogens is 199 g/mol. The first-order valence-corrected chi connectivity index (χ1v) is 3.81. The van der Waals surface area contributed by atoms with Gasteiger partial charge < -0.3 is 10.5 Å². The van der Waals surface area contributed by atoms with Crippen molar-refractivity contribution in [1.82, 2.24) is 9.78 Å². The number of ether oxygens (including phenoxy) is 1. The van der Waals surface area contributed by atoms with E-state index in [0.29, 0.717) is 11.5 Å². The lowest BCUT2D eigenvalue weighted by atomic mass is 10.4. The smallest absolute Gasteiger partial charge is 0.384 e. The van der Waals surface area contributed by atoms with Gasteiger partial charge in [0.2, 0.25) is 0 Å². The second-order valence-corrected chi connectivity index (χ2v) is 2.79. The third-order valence-corrected chi connectivity index (χ3v) is 1.48. The van der Waals surface area contributed by atoms with Gasteiger partial charge in [0.1, 0.15) is 12.4 Å². The molecule has 0 aliphatic rings. The van der Waals surface area contributed by atoms with E-state index >= 15 is 0 Å². The van der Waals surface area contributed by atoms with Gasteiger partial charge in [0.05, 0.1) is 12.3 Å². The van der Waals surface area contributed by atoms with Crippen LogP contribution in [0.15, 0.2) is 6.07 Å². The molecule has 0 bridgehead atoms. The zero-order valence-electron chi connectivity index (χ0n) is 7.51. The number of alkyl halides is 3. The van der Waals surface area contributed by atoms with Gasteiger partial charge in [0, 0.05) is 13.1 Å². The van der Waals surface area contributed by atoms with Gasteiger partial charge in [-0.1, -0.05) is 0 Å². The quantitative estimate of drug-likeness (QED) is 0.810. The Labute approximate surface area is 78.4 Å². The molecule has 0 unspecified atom stereocenters. The van der Waals surface area contributed by atoms with Gasteiger partial charge in [-0.3, -0.25) is 4.68 Å². The number of nitrogens with zero attached hydrogens (tertiary/aromatic N) is 2. The van der Waals surface area contributed by atoms with Gasteiger partial charge in [-0.05, 0) is 0 Å². The van der Waals surface area contributed by atoms with Crippen LogP contribution >= 0.6 is 0 Å². The molecule has 0 radical (unpaired) electrons. The average Bonchev–Trinajstić information content (AvgIpc) is 2.28. The molecule has 0 fully saturated rings. The number of nitrogen functional groups attached to an aromatic ring is 1. The maximum absolute atomic E-state index is 11.7. The molecule has 0 aliphatic carbocycles. The van der Waals surface area contributed by atoms with E-state index in [1.54, 1.807) is 7.05 Å². The van der Waals surface area contributed by atoms with E-state index in [1.165, 1.54) is 10.7 Å². The molecule has 0 amide bonds. The van der Waals surface area contributed by atoms with E-state index in [9.17, 15) is 13.2 Å². The van der Waals surface area contributed by atoms with E-state index < -0.39 is 12.8 Å². The Hall–Kier alpha value is -1.24. The summed E-state index contributed by atoms with van der Waals surface area (Å²) in [6.45, 7) is -1.46. The number of anilines is 1. The summed E-state index contributed by atoms with van der Waals surface area (Å²) in [5.41, 5.74) is 5.80. The minimum absolute atomic E-state index is 0.190. The van der Waals surface area contributed by atoms with Crippen LogP contribution in [-0.2, 0) is 18.4 Å². The monoisotopic (exact) mass is 209 g/mol. The molecule has 0 saturated heterocycles. The Balaban J connectivity index is 2.39. The molecule has 14 heavy (non-hydrogen) atoms. The Morgan fingerprint density at radius 3 is 2.64 bits per heavy atom. The van der Waals surface area contributed by atoms with Crippen LogP contribution in [0.2, 0.25) is 0 Å². The third-order valence-electron chi connectivity index (χ3n) is 1.48. The van der Waals surface area contributed by atoms with Crippen LogP contribution in [-0.4, -0.2) is 22.6 Å². The maximum atomic E-state index is 11.7. The summed E-state index contributed by atoms with van der Waals surface area (Å²) in [6.07, 6.45) is -4.31. The van der Waals surface area contributed by atoms with E-state index in [-0.39, 0.29) is 6.61 Å². The Kier molecular flexibility index (Phi) is 3.00. The molecule has 1 heterocycles. The topological polar surface area (TPSA) is 53.1 Å². The largest absolute Gasteiger partial charge is 0.411 e. The lowest BCUT2D eigenvalue weighted by Crippen LogP contribution is -2.16. The Bertz CT molecular complexity index is 288. The van der Waals surface area contributed by atoms with Crippen LogP contribution in [0.3, 0.4) is 0 Å². The van der Waals surface area contributed by atoms with Gasteiger partial charge in [-0.15, -0.1) is 0 Å². The van der Waals surface area contributed by atoms with Gasteiger partial charge in [0.15, 0.2) is 0 Å². The summed E-state index contributed by atoms with van der Waals surface area (Å²) in [4.78, 5) is 0. The second-order valence-electron chi connectivity index (χ2n) is 2.79. The molecule has 4 nitrogen and oxygen atoms in total. The molecule has 0 atom stereocenters. The van der Waals surface area contributed by atoms with Crippen molar-refractivity contribution in [2.45, 2.75) is 12.8 Å². The van der Waals surface area contributed by atoms with Gasteiger partial charge in [0.25, 0.3) is 0 Å². The molecule has 7 heteroatoms. The number of rotatable bonds is 3. The molecule has 2 N–H and O–H groups in total. The average molecular weight is 209 g/mol. The van der Waals surface area contributed by atoms with Crippen LogP contribution in [0.4, 0.5) is 19.0 Å². The molecule has 80 valence electrons. The van der Waals surface area contributed by atoms with Crippen molar-refractivity contribution in [3.05, 3.63) is 11.8 Å².